The first-order valence-electron chi connectivity index (χ1n) is 8.49. The van der Waals surface area contributed by atoms with E-state index in [0.29, 0.717) is 0 Å². The first-order valence-corrected chi connectivity index (χ1v) is 9.06. The molecule has 1 heterocycles. The van der Waals surface area contributed by atoms with Gasteiger partial charge in [0.1, 0.15) is 5.82 Å². The molecule has 2 aromatic carbocycles. The van der Waals surface area contributed by atoms with Gasteiger partial charge in [0.25, 0.3) is 0 Å². The molecule has 1 unspecified atom stereocenters. The van der Waals surface area contributed by atoms with Crippen molar-refractivity contribution < 1.29 is 0 Å². The Morgan fingerprint density at radius 1 is 0.960 bits per heavy atom. The predicted molar refractivity (Wildman–Crippen MR) is 111 cm³/mol. The van der Waals surface area contributed by atoms with Crippen LogP contribution in [0.3, 0.4) is 0 Å². The molecule has 126 valence electrons. The van der Waals surface area contributed by atoms with Gasteiger partial charge in [-0.05, 0) is 47.2 Å². The average molecular weight is 346 g/mol. The van der Waals surface area contributed by atoms with Crippen LogP contribution < -0.4 is 10.6 Å². The number of benzene rings is 2. The summed E-state index contributed by atoms with van der Waals surface area (Å²) in [5, 5.41) is 4.50. The Bertz CT molecular complexity index is 844. The summed E-state index contributed by atoms with van der Waals surface area (Å²) in [6.07, 6.45) is 5.81. The number of rotatable bonds is 7. The molecule has 0 aliphatic carbocycles. The van der Waals surface area contributed by atoms with Crippen LogP contribution in [0.2, 0.25) is 0 Å². The van der Waals surface area contributed by atoms with E-state index in [0.717, 1.165) is 36.1 Å². The largest absolute Gasteiger partial charge is 0.365 e. The second-order valence-corrected chi connectivity index (χ2v) is 6.64. The first-order chi connectivity index (χ1) is 12.3. The van der Waals surface area contributed by atoms with Crippen molar-refractivity contribution in [1.29, 1.82) is 0 Å². The van der Waals surface area contributed by atoms with Crippen LogP contribution in [-0.4, -0.2) is 4.98 Å². The molecule has 0 amide bonds. The SMILES string of the molecule is C=Cc1ccc(CCc2ccccc2)cc1CNc1ncccc1P. The summed E-state index contributed by atoms with van der Waals surface area (Å²) in [6, 6.07) is 21.2. The zero-order valence-corrected chi connectivity index (χ0v) is 15.4. The molecule has 1 atom stereocenters. The smallest absolute Gasteiger partial charge is 0.133 e. The van der Waals surface area contributed by atoms with Gasteiger partial charge in [-0.2, -0.15) is 0 Å². The monoisotopic (exact) mass is 346 g/mol. The number of nitrogens with zero attached hydrogens (tertiary/aromatic N) is 1. The fourth-order valence-corrected chi connectivity index (χ4v) is 3.13. The Labute approximate surface area is 152 Å². The van der Waals surface area contributed by atoms with E-state index in [2.05, 4.69) is 74.7 Å². The number of hydrogen-bond donors (Lipinski definition) is 1. The molecule has 3 rings (SSSR count). The van der Waals surface area contributed by atoms with E-state index in [1.165, 1.54) is 16.7 Å². The van der Waals surface area contributed by atoms with Crippen LogP contribution in [0, 0.1) is 0 Å². The lowest BCUT2D eigenvalue weighted by Gasteiger charge is -2.12. The van der Waals surface area contributed by atoms with Gasteiger partial charge >= 0.3 is 0 Å². The number of anilines is 1. The summed E-state index contributed by atoms with van der Waals surface area (Å²) in [6.45, 7) is 4.67. The Balaban J connectivity index is 1.71. The summed E-state index contributed by atoms with van der Waals surface area (Å²) >= 11 is 0. The third-order valence-corrected chi connectivity index (χ3v) is 4.72. The Hall–Kier alpha value is -2.44. The summed E-state index contributed by atoms with van der Waals surface area (Å²) in [7, 11) is 2.72. The number of pyridine rings is 1. The maximum atomic E-state index is 4.39. The van der Waals surface area contributed by atoms with Crippen LogP contribution in [0.25, 0.3) is 6.08 Å². The molecule has 1 aromatic heterocycles. The van der Waals surface area contributed by atoms with Gasteiger partial charge in [-0.25, -0.2) is 4.98 Å². The molecule has 0 saturated carbocycles. The molecule has 2 nitrogen and oxygen atoms in total. The van der Waals surface area contributed by atoms with E-state index >= 15 is 0 Å². The Morgan fingerprint density at radius 2 is 1.76 bits per heavy atom. The van der Waals surface area contributed by atoms with Crippen molar-refractivity contribution in [2.24, 2.45) is 0 Å². The van der Waals surface area contributed by atoms with Crippen molar-refractivity contribution >= 4 is 26.4 Å². The minimum Gasteiger partial charge on any atom is -0.365 e. The second kappa shape index (κ2) is 8.60. The van der Waals surface area contributed by atoms with Crippen LogP contribution in [0.15, 0.2) is 73.4 Å². The third kappa shape index (κ3) is 4.78. The lowest BCUT2D eigenvalue weighted by Crippen LogP contribution is -2.09. The summed E-state index contributed by atoms with van der Waals surface area (Å²) in [5.74, 6) is 0.900. The van der Waals surface area contributed by atoms with E-state index in [-0.39, 0.29) is 0 Å². The number of aryl methyl sites for hydroxylation is 2. The highest BCUT2D eigenvalue weighted by Crippen LogP contribution is 2.17. The molecule has 0 radical (unpaired) electrons. The maximum absolute atomic E-state index is 4.39. The highest BCUT2D eigenvalue weighted by molar-refractivity contribution is 7.28. The molecule has 3 aromatic rings. The number of nitrogens with one attached hydrogen (secondary N) is 1. The molecule has 0 saturated heterocycles. The number of aromatic nitrogens is 1. The number of hydrogen-bond acceptors (Lipinski definition) is 2. The van der Waals surface area contributed by atoms with Crippen molar-refractivity contribution in [3.05, 3.63) is 95.7 Å². The van der Waals surface area contributed by atoms with Crippen molar-refractivity contribution in [3.63, 3.8) is 0 Å². The third-order valence-electron chi connectivity index (χ3n) is 4.26. The zero-order chi connectivity index (χ0) is 17.5. The molecule has 25 heavy (non-hydrogen) atoms. The van der Waals surface area contributed by atoms with Crippen LogP contribution in [-0.2, 0) is 19.4 Å². The first kappa shape index (κ1) is 17.4. The summed E-state index contributed by atoms with van der Waals surface area (Å²) < 4.78 is 0. The molecule has 3 heteroatoms. The van der Waals surface area contributed by atoms with Crippen LogP contribution in [0.1, 0.15) is 22.3 Å². The summed E-state index contributed by atoms with van der Waals surface area (Å²) in [4.78, 5) is 4.39. The molecule has 0 aliphatic heterocycles. The highest BCUT2D eigenvalue weighted by atomic mass is 31.0. The van der Waals surface area contributed by atoms with Gasteiger partial charge in [-0.15, -0.1) is 9.24 Å². The fourth-order valence-electron chi connectivity index (χ4n) is 2.84. The van der Waals surface area contributed by atoms with Gasteiger partial charge in [0.15, 0.2) is 0 Å². The molecular weight excluding hydrogens is 323 g/mol. The minimum atomic E-state index is 0.735. The topological polar surface area (TPSA) is 24.9 Å². The molecule has 0 bridgehead atoms. The predicted octanol–water partition coefficient (Wildman–Crippen LogP) is 4.62. The zero-order valence-electron chi connectivity index (χ0n) is 14.3. The van der Waals surface area contributed by atoms with Crippen LogP contribution in [0.4, 0.5) is 5.82 Å². The quantitative estimate of drug-likeness (QED) is 0.631. The fraction of sp³-hybridized carbons (Fsp3) is 0.136. The Kier molecular flexibility index (Phi) is 5.98. The van der Waals surface area contributed by atoms with Gasteiger partial charge < -0.3 is 5.32 Å². The van der Waals surface area contributed by atoms with Crippen LogP contribution in [0.5, 0.6) is 0 Å². The van der Waals surface area contributed by atoms with E-state index in [9.17, 15) is 0 Å². The highest BCUT2D eigenvalue weighted by Gasteiger charge is 2.04. The van der Waals surface area contributed by atoms with Gasteiger partial charge in [0.2, 0.25) is 0 Å². The van der Waals surface area contributed by atoms with Crippen molar-refractivity contribution in [2.45, 2.75) is 19.4 Å². The van der Waals surface area contributed by atoms with Gasteiger partial charge in [-0.3, -0.25) is 0 Å². The molecule has 1 N–H and O–H groups in total. The molecular formula is C22H23N2P. The minimum absolute atomic E-state index is 0.735. The molecule has 0 aliphatic rings. The lowest BCUT2D eigenvalue weighted by atomic mass is 9.99. The van der Waals surface area contributed by atoms with Crippen LogP contribution >= 0.6 is 9.24 Å². The van der Waals surface area contributed by atoms with E-state index in [4.69, 9.17) is 0 Å². The van der Waals surface area contributed by atoms with Gasteiger partial charge in [-0.1, -0.05) is 61.2 Å². The van der Waals surface area contributed by atoms with E-state index < -0.39 is 0 Å². The lowest BCUT2D eigenvalue weighted by molar-refractivity contribution is 0.953. The van der Waals surface area contributed by atoms with Gasteiger partial charge in [0.05, 0.1) is 0 Å². The molecule has 0 spiro atoms. The van der Waals surface area contributed by atoms with Crippen molar-refractivity contribution in [3.8, 4) is 0 Å². The average Bonchev–Trinajstić information content (AvgIpc) is 2.66. The molecule has 0 fully saturated rings. The standard InChI is InChI=1S/C22H23N2P/c1-2-19-13-12-18(11-10-17-7-4-3-5-8-17)15-20(19)16-24-22-21(25)9-6-14-23-22/h2-9,12-15H,1,10-11,16,25H2,(H,23,24). The van der Waals surface area contributed by atoms with Gasteiger partial charge in [0, 0.05) is 18.0 Å². The normalized spacial score (nSPS) is 10.4. The van der Waals surface area contributed by atoms with E-state index in [1.54, 1.807) is 6.20 Å². The maximum Gasteiger partial charge on any atom is 0.133 e. The van der Waals surface area contributed by atoms with Crippen molar-refractivity contribution in [2.75, 3.05) is 5.32 Å². The van der Waals surface area contributed by atoms with Crippen molar-refractivity contribution in [1.82, 2.24) is 4.98 Å². The second-order valence-electron chi connectivity index (χ2n) is 6.02. The summed E-state index contributed by atoms with van der Waals surface area (Å²) in [5.41, 5.74) is 5.13. The van der Waals surface area contributed by atoms with E-state index in [1.807, 2.05) is 18.2 Å². The Morgan fingerprint density at radius 3 is 2.52 bits per heavy atom.